The minimum absolute atomic E-state index is 0.229. The van der Waals surface area contributed by atoms with Crippen LogP contribution in [0.1, 0.15) is 43.7 Å². The summed E-state index contributed by atoms with van der Waals surface area (Å²) in [6, 6.07) is 7.96. The lowest BCUT2D eigenvalue weighted by Crippen LogP contribution is -2.38. The average Bonchev–Trinajstić information content (AvgIpc) is 3.28. The minimum Gasteiger partial charge on any atom is -0.387 e. The van der Waals surface area contributed by atoms with E-state index < -0.39 is 12.0 Å². The number of aliphatic hydroxyl groups is 1. The number of pyridine rings is 2. The van der Waals surface area contributed by atoms with E-state index >= 15 is 0 Å². The van der Waals surface area contributed by atoms with Crippen molar-refractivity contribution < 1.29 is 13.9 Å². The Labute approximate surface area is 170 Å². The second kappa shape index (κ2) is 6.53. The molecular formula is C21H20F2N4OS. The van der Waals surface area contributed by atoms with Crippen LogP contribution in [0.3, 0.4) is 0 Å². The molecule has 0 aromatic carbocycles. The van der Waals surface area contributed by atoms with E-state index in [1.54, 1.807) is 12.4 Å². The van der Waals surface area contributed by atoms with Crippen molar-refractivity contribution in [3.05, 3.63) is 41.5 Å². The Hall–Kier alpha value is -2.45. The Bertz CT molecular complexity index is 1210. The van der Waals surface area contributed by atoms with Gasteiger partial charge in [0, 0.05) is 52.2 Å². The number of rotatable bonds is 4. The molecule has 8 heteroatoms. The Morgan fingerprint density at radius 1 is 1.17 bits per heavy atom. The van der Waals surface area contributed by atoms with Crippen LogP contribution in [0, 0.1) is 5.92 Å². The molecule has 0 saturated heterocycles. The predicted octanol–water partition coefficient (Wildman–Crippen LogP) is 5.37. The summed E-state index contributed by atoms with van der Waals surface area (Å²) in [5.41, 5.74) is 2.50. The van der Waals surface area contributed by atoms with Crippen LogP contribution in [0.4, 0.5) is 8.78 Å². The minimum atomic E-state index is -2.64. The van der Waals surface area contributed by atoms with Crippen molar-refractivity contribution in [2.75, 3.05) is 0 Å². The molecule has 4 aromatic heterocycles. The number of halogens is 2. The van der Waals surface area contributed by atoms with Gasteiger partial charge in [-0.05, 0) is 38.1 Å². The molecule has 0 aliphatic heterocycles. The number of nitrogens with zero attached hydrogens (tertiary/aromatic N) is 4. The molecule has 5 rings (SSSR count). The van der Waals surface area contributed by atoms with Crippen LogP contribution >= 0.6 is 11.3 Å². The van der Waals surface area contributed by atoms with Crippen LogP contribution in [0.15, 0.2) is 36.7 Å². The van der Waals surface area contributed by atoms with Gasteiger partial charge in [-0.15, -0.1) is 11.3 Å². The highest BCUT2D eigenvalue weighted by Crippen LogP contribution is 2.49. The van der Waals surface area contributed by atoms with Gasteiger partial charge < -0.3 is 5.11 Å². The Morgan fingerprint density at radius 3 is 2.69 bits per heavy atom. The number of aliphatic hydroxyl groups excluding tert-OH is 1. The third kappa shape index (κ3) is 3.20. The molecule has 0 radical (unpaired) electrons. The van der Waals surface area contributed by atoms with E-state index in [9.17, 15) is 13.9 Å². The first-order valence-electron chi connectivity index (χ1n) is 9.61. The monoisotopic (exact) mass is 414 g/mol. The van der Waals surface area contributed by atoms with Crippen LogP contribution < -0.4 is 0 Å². The molecule has 1 N–H and O–H groups in total. The van der Waals surface area contributed by atoms with Crippen molar-refractivity contribution in [1.29, 1.82) is 0 Å². The molecule has 4 aromatic rings. The number of hydrogen-bond donors (Lipinski definition) is 1. The number of hydrogen-bond acceptors (Lipinski definition) is 5. The molecular weight excluding hydrogens is 394 g/mol. The summed E-state index contributed by atoms with van der Waals surface area (Å²) < 4.78 is 28.2. The maximum atomic E-state index is 13.1. The molecule has 4 heterocycles. The predicted molar refractivity (Wildman–Crippen MR) is 109 cm³/mol. The highest BCUT2D eigenvalue weighted by molar-refractivity contribution is 7.18. The maximum Gasteiger partial charge on any atom is 0.248 e. The second-order valence-corrected chi connectivity index (χ2v) is 9.09. The van der Waals surface area contributed by atoms with E-state index in [0.29, 0.717) is 4.88 Å². The van der Waals surface area contributed by atoms with Crippen molar-refractivity contribution >= 4 is 32.6 Å². The Morgan fingerprint density at radius 2 is 1.97 bits per heavy atom. The number of alkyl halides is 2. The lowest BCUT2D eigenvalue weighted by Gasteiger charge is -2.37. The van der Waals surface area contributed by atoms with Gasteiger partial charge in [0.15, 0.2) is 5.65 Å². The normalized spacial score (nSPS) is 17.9. The van der Waals surface area contributed by atoms with Crippen LogP contribution in [0.5, 0.6) is 0 Å². The topological polar surface area (TPSA) is 63.8 Å². The smallest absolute Gasteiger partial charge is 0.248 e. The van der Waals surface area contributed by atoms with Crippen molar-refractivity contribution in [3.8, 4) is 11.3 Å². The van der Waals surface area contributed by atoms with Crippen LogP contribution in [-0.2, 0) is 0 Å². The highest BCUT2D eigenvalue weighted by atomic mass is 32.1. The molecule has 1 fully saturated rings. The van der Waals surface area contributed by atoms with Crippen LogP contribution in [0.25, 0.3) is 32.5 Å². The van der Waals surface area contributed by atoms with Gasteiger partial charge in [-0.3, -0.25) is 0 Å². The second-order valence-electron chi connectivity index (χ2n) is 8.03. The first kappa shape index (κ1) is 18.6. The van der Waals surface area contributed by atoms with Gasteiger partial charge in [0.2, 0.25) is 5.92 Å². The number of aromatic nitrogens is 4. The first-order valence-corrected chi connectivity index (χ1v) is 10.4. The summed E-state index contributed by atoms with van der Waals surface area (Å²) in [7, 11) is 0. The van der Waals surface area contributed by atoms with Gasteiger partial charge in [0.25, 0.3) is 0 Å². The molecule has 0 bridgehead atoms. The summed E-state index contributed by atoms with van der Waals surface area (Å²) in [6.45, 7) is 4.12. The van der Waals surface area contributed by atoms with E-state index in [2.05, 4.69) is 23.9 Å². The summed E-state index contributed by atoms with van der Waals surface area (Å²) >= 11 is 1.36. The zero-order chi connectivity index (χ0) is 20.3. The summed E-state index contributed by atoms with van der Waals surface area (Å²) in [4.78, 5) is 10.8. The van der Waals surface area contributed by atoms with E-state index in [0.717, 1.165) is 32.5 Å². The molecule has 0 amide bonds. The molecule has 150 valence electrons. The quantitative estimate of drug-likeness (QED) is 0.488. The fourth-order valence-electron chi connectivity index (χ4n) is 3.86. The fourth-order valence-corrected chi connectivity index (χ4v) is 4.98. The van der Waals surface area contributed by atoms with Gasteiger partial charge >= 0.3 is 0 Å². The molecule has 1 aliphatic rings. The molecule has 5 nitrogen and oxygen atoms in total. The van der Waals surface area contributed by atoms with Crippen molar-refractivity contribution in [2.24, 2.45) is 5.92 Å². The largest absolute Gasteiger partial charge is 0.387 e. The summed E-state index contributed by atoms with van der Waals surface area (Å²) in [5, 5.41) is 16.7. The Balaban J connectivity index is 1.46. The van der Waals surface area contributed by atoms with Gasteiger partial charge in [0.05, 0.1) is 18.0 Å². The first-order chi connectivity index (χ1) is 13.8. The number of fused-ring (bicyclic) bond motifs is 2. The van der Waals surface area contributed by atoms with E-state index in [1.807, 2.05) is 28.9 Å². The van der Waals surface area contributed by atoms with Crippen molar-refractivity contribution in [3.63, 3.8) is 0 Å². The molecule has 29 heavy (non-hydrogen) atoms. The van der Waals surface area contributed by atoms with Gasteiger partial charge in [0.1, 0.15) is 4.83 Å². The SMILES string of the molecule is CC(C)n1ncc2cc(-c3ccc4cc([C@H](O)C5CC(F)(F)C5)sc4n3)cnc21. The lowest BCUT2D eigenvalue weighted by molar-refractivity contribution is -0.141. The summed E-state index contributed by atoms with van der Waals surface area (Å²) in [6.07, 6.45) is 2.22. The van der Waals surface area contributed by atoms with Crippen LogP contribution in [0.2, 0.25) is 0 Å². The van der Waals surface area contributed by atoms with E-state index in [4.69, 9.17) is 4.98 Å². The third-order valence-electron chi connectivity index (χ3n) is 5.48. The molecule has 0 unspecified atom stereocenters. The Kier molecular flexibility index (Phi) is 4.18. The molecule has 1 saturated carbocycles. The van der Waals surface area contributed by atoms with Gasteiger partial charge in [-0.1, -0.05) is 0 Å². The molecule has 1 aliphatic carbocycles. The van der Waals surface area contributed by atoms with Crippen molar-refractivity contribution in [2.45, 2.75) is 44.8 Å². The highest BCUT2D eigenvalue weighted by Gasteiger charge is 2.48. The zero-order valence-electron chi connectivity index (χ0n) is 16.0. The van der Waals surface area contributed by atoms with E-state index in [1.165, 1.54) is 11.3 Å². The van der Waals surface area contributed by atoms with Crippen molar-refractivity contribution in [1.82, 2.24) is 19.7 Å². The molecule has 0 spiro atoms. The van der Waals surface area contributed by atoms with Gasteiger partial charge in [-0.2, -0.15) is 5.10 Å². The standard InChI is InChI=1S/C21H20F2N4OS/c1-11(2)27-19-14(10-25-27)5-13(9-24-19)16-4-3-12-6-17(29-20(12)26-16)18(28)15-7-21(22,23)8-15/h3-6,9-11,15,18,28H,7-8H2,1-2H3/t18-/m1/s1. The number of thiophene rings is 1. The van der Waals surface area contributed by atoms with Gasteiger partial charge in [-0.25, -0.2) is 23.4 Å². The fraction of sp³-hybridized carbons (Fsp3) is 0.381. The maximum absolute atomic E-state index is 13.1. The molecule has 1 atom stereocenters. The third-order valence-corrected chi connectivity index (χ3v) is 6.60. The van der Waals surface area contributed by atoms with E-state index in [-0.39, 0.29) is 24.8 Å². The lowest BCUT2D eigenvalue weighted by atomic mass is 9.77. The average molecular weight is 414 g/mol. The zero-order valence-corrected chi connectivity index (χ0v) is 16.8. The van der Waals surface area contributed by atoms with Crippen LogP contribution in [-0.4, -0.2) is 30.8 Å². The summed E-state index contributed by atoms with van der Waals surface area (Å²) in [5.74, 6) is -3.02.